The highest BCUT2D eigenvalue weighted by molar-refractivity contribution is 5.94. The number of carbonyl (C=O) groups excluding carboxylic acids is 1. The molecule has 1 aromatic heterocycles. The van der Waals surface area contributed by atoms with E-state index in [0.717, 1.165) is 30.6 Å². The van der Waals surface area contributed by atoms with Crippen molar-refractivity contribution in [3.05, 3.63) is 59.7 Å². The van der Waals surface area contributed by atoms with Gasteiger partial charge in [-0.1, -0.05) is 0 Å². The lowest BCUT2D eigenvalue weighted by Gasteiger charge is -2.23. The average molecular weight is 335 g/mol. The Labute approximate surface area is 135 Å². The number of nitrogens with zero attached hydrogens (tertiary/aromatic N) is 2. The van der Waals surface area contributed by atoms with Crippen molar-refractivity contribution < 1.29 is 22.7 Å². The first-order valence-corrected chi connectivity index (χ1v) is 6.75. The SMILES string of the molecule is CC(C#N)(COc1ccc(F)c(F)c1)NC(=O)c1cncc(F)c1. The highest BCUT2D eigenvalue weighted by Crippen LogP contribution is 2.17. The average Bonchev–Trinajstić information content (AvgIpc) is 2.56. The maximum atomic E-state index is 13.1. The van der Waals surface area contributed by atoms with Crippen LogP contribution in [0.15, 0.2) is 36.7 Å². The van der Waals surface area contributed by atoms with E-state index in [0.29, 0.717) is 0 Å². The van der Waals surface area contributed by atoms with Crippen molar-refractivity contribution in [2.24, 2.45) is 0 Å². The quantitative estimate of drug-likeness (QED) is 0.911. The van der Waals surface area contributed by atoms with E-state index in [1.165, 1.54) is 13.0 Å². The van der Waals surface area contributed by atoms with Crippen LogP contribution >= 0.6 is 0 Å². The van der Waals surface area contributed by atoms with Gasteiger partial charge >= 0.3 is 0 Å². The number of aromatic nitrogens is 1. The summed E-state index contributed by atoms with van der Waals surface area (Å²) < 4.78 is 44.3. The smallest absolute Gasteiger partial charge is 0.254 e. The number of nitriles is 1. The molecule has 0 aliphatic carbocycles. The second-order valence-corrected chi connectivity index (χ2v) is 5.15. The highest BCUT2D eigenvalue weighted by atomic mass is 19.2. The van der Waals surface area contributed by atoms with Gasteiger partial charge < -0.3 is 10.1 Å². The van der Waals surface area contributed by atoms with E-state index in [9.17, 15) is 23.2 Å². The van der Waals surface area contributed by atoms with Crippen LogP contribution in [0.4, 0.5) is 13.2 Å². The topological polar surface area (TPSA) is 75.0 Å². The summed E-state index contributed by atoms with van der Waals surface area (Å²) in [5.74, 6) is -3.55. The van der Waals surface area contributed by atoms with Crippen LogP contribution in [-0.2, 0) is 0 Å². The molecular formula is C16H12F3N3O2. The van der Waals surface area contributed by atoms with Gasteiger partial charge in [0, 0.05) is 12.3 Å². The molecule has 1 atom stereocenters. The van der Waals surface area contributed by atoms with Gasteiger partial charge in [0.25, 0.3) is 5.91 Å². The van der Waals surface area contributed by atoms with E-state index in [1.807, 2.05) is 6.07 Å². The minimum Gasteiger partial charge on any atom is -0.490 e. The van der Waals surface area contributed by atoms with Crippen LogP contribution in [0.5, 0.6) is 5.75 Å². The second-order valence-electron chi connectivity index (χ2n) is 5.15. The summed E-state index contributed by atoms with van der Waals surface area (Å²) in [4.78, 5) is 15.6. The summed E-state index contributed by atoms with van der Waals surface area (Å²) in [6.07, 6.45) is 2.08. The molecule has 0 saturated heterocycles. The van der Waals surface area contributed by atoms with E-state index in [4.69, 9.17) is 4.74 Å². The van der Waals surface area contributed by atoms with Gasteiger partial charge in [0.15, 0.2) is 17.2 Å². The molecule has 1 aromatic carbocycles. The number of halogens is 3. The van der Waals surface area contributed by atoms with Gasteiger partial charge in [0.2, 0.25) is 0 Å². The number of rotatable bonds is 5. The Morgan fingerprint density at radius 3 is 2.67 bits per heavy atom. The van der Waals surface area contributed by atoms with Crippen molar-refractivity contribution in [3.63, 3.8) is 0 Å². The van der Waals surface area contributed by atoms with Crippen molar-refractivity contribution in [3.8, 4) is 11.8 Å². The summed E-state index contributed by atoms with van der Waals surface area (Å²) in [6.45, 7) is 1.04. The largest absolute Gasteiger partial charge is 0.490 e. The molecule has 0 saturated carbocycles. The monoisotopic (exact) mass is 335 g/mol. The zero-order chi connectivity index (χ0) is 17.7. The third-order valence-corrected chi connectivity index (χ3v) is 3.02. The molecular weight excluding hydrogens is 323 g/mol. The van der Waals surface area contributed by atoms with Gasteiger partial charge in [-0.3, -0.25) is 9.78 Å². The number of ether oxygens (including phenoxy) is 1. The third kappa shape index (κ3) is 4.23. The molecule has 5 nitrogen and oxygen atoms in total. The zero-order valence-electron chi connectivity index (χ0n) is 12.5. The number of hydrogen-bond donors (Lipinski definition) is 1. The molecule has 0 spiro atoms. The van der Waals surface area contributed by atoms with Crippen LogP contribution in [0.2, 0.25) is 0 Å². The lowest BCUT2D eigenvalue weighted by Crippen LogP contribution is -2.49. The highest BCUT2D eigenvalue weighted by Gasteiger charge is 2.28. The number of nitrogens with one attached hydrogen (secondary N) is 1. The van der Waals surface area contributed by atoms with Crippen LogP contribution in [0.25, 0.3) is 0 Å². The van der Waals surface area contributed by atoms with E-state index < -0.39 is 28.9 Å². The first kappa shape index (κ1) is 17.3. The number of amides is 1. The minimum absolute atomic E-state index is 0.00273. The van der Waals surface area contributed by atoms with E-state index in [-0.39, 0.29) is 17.9 Å². The second kappa shape index (κ2) is 7.00. The molecule has 2 aromatic rings. The Hall–Kier alpha value is -3.08. The lowest BCUT2D eigenvalue weighted by molar-refractivity contribution is 0.0900. The first-order chi connectivity index (χ1) is 11.3. The maximum Gasteiger partial charge on any atom is 0.254 e. The fourth-order valence-corrected chi connectivity index (χ4v) is 1.75. The molecule has 24 heavy (non-hydrogen) atoms. The van der Waals surface area contributed by atoms with Crippen molar-refractivity contribution in [1.82, 2.24) is 10.3 Å². The van der Waals surface area contributed by atoms with Gasteiger partial charge in [0.05, 0.1) is 17.8 Å². The van der Waals surface area contributed by atoms with Crippen LogP contribution in [0.3, 0.4) is 0 Å². The van der Waals surface area contributed by atoms with E-state index >= 15 is 0 Å². The van der Waals surface area contributed by atoms with Crippen molar-refractivity contribution in [1.29, 1.82) is 5.26 Å². The maximum absolute atomic E-state index is 13.1. The van der Waals surface area contributed by atoms with Crippen molar-refractivity contribution in [2.45, 2.75) is 12.5 Å². The normalized spacial score (nSPS) is 12.8. The number of pyridine rings is 1. The van der Waals surface area contributed by atoms with Crippen LogP contribution in [0, 0.1) is 28.8 Å². The summed E-state index contributed by atoms with van der Waals surface area (Å²) >= 11 is 0. The Balaban J connectivity index is 2.06. The molecule has 8 heteroatoms. The molecule has 0 aliphatic rings. The van der Waals surface area contributed by atoms with Crippen molar-refractivity contribution in [2.75, 3.05) is 6.61 Å². The third-order valence-electron chi connectivity index (χ3n) is 3.02. The Morgan fingerprint density at radius 1 is 1.29 bits per heavy atom. The first-order valence-electron chi connectivity index (χ1n) is 6.75. The molecule has 1 heterocycles. The Bertz CT molecular complexity index is 807. The van der Waals surface area contributed by atoms with Crippen molar-refractivity contribution >= 4 is 5.91 Å². The summed E-state index contributed by atoms with van der Waals surface area (Å²) in [6, 6.07) is 5.71. The number of carbonyl (C=O) groups is 1. The fourth-order valence-electron chi connectivity index (χ4n) is 1.75. The molecule has 1 N–H and O–H groups in total. The lowest BCUT2D eigenvalue weighted by atomic mass is 10.1. The molecule has 2 rings (SSSR count). The standard InChI is InChI=1S/C16H12F3N3O2/c1-16(8-20,9-24-12-2-3-13(18)14(19)5-12)22-15(23)10-4-11(17)7-21-6-10/h2-7H,9H2,1H3,(H,22,23). The molecule has 124 valence electrons. The van der Waals surface area contributed by atoms with Gasteiger partial charge in [-0.15, -0.1) is 0 Å². The molecule has 0 aliphatic heterocycles. The predicted octanol–water partition coefficient (Wildman–Crippen LogP) is 2.59. The predicted molar refractivity (Wildman–Crippen MR) is 77.5 cm³/mol. The molecule has 1 unspecified atom stereocenters. The van der Waals surface area contributed by atoms with Crippen LogP contribution < -0.4 is 10.1 Å². The van der Waals surface area contributed by atoms with Crippen LogP contribution in [-0.4, -0.2) is 23.0 Å². The summed E-state index contributed by atoms with van der Waals surface area (Å²) in [5.41, 5.74) is -1.54. The van der Waals surface area contributed by atoms with Gasteiger partial charge in [-0.25, -0.2) is 13.2 Å². The minimum atomic E-state index is -1.48. The molecule has 0 radical (unpaired) electrons. The number of hydrogen-bond acceptors (Lipinski definition) is 4. The summed E-state index contributed by atoms with van der Waals surface area (Å²) in [5, 5.41) is 11.6. The van der Waals surface area contributed by atoms with Crippen LogP contribution in [0.1, 0.15) is 17.3 Å². The molecule has 0 fully saturated rings. The fraction of sp³-hybridized carbons (Fsp3) is 0.188. The van der Waals surface area contributed by atoms with Gasteiger partial charge in [-0.2, -0.15) is 5.26 Å². The zero-order valence-corrected chi connectivity index (χ0v) is 12.5. The Morgan fingerprint density at radius 2 is 2.04 bits per heavy atom. The van der Waals surface area contributed by atoms with E-state index in [2.05, 4.69) is 10.3 Å². The summed E-state index contributed by atoms with van der Waals surface area (Å²) in [7, 11) is 0. The van der Waals surface area contributed by atoms with Gasteiger partial charge in [-0.05, 0) is 25.1 Å². The van der Waals surface area contributed by atoms with E-state index in [1.54, 1.807) is 0 Å². The molecule has 0 bridgehead atoms. The molecule has 1 amide bonds. The number of benzene rings is 1. The Kier molecular flexibility index (Phi) is 5.04. The van der Waals surface area contributed by atoms with Gasteiger partial charge in [0.1, 0.15) is 18.2 Å².